The van der Waals surface area contributed by atoms with E-state index in [2.05, 4.69) is 42.7 Å². The fourth-order valence-electron chi connectivity index (χ4n) is 4.39. The summed E-state index contributed by atoms with van der Waals surface area (Å²) in [4.78, 5) is 34.5. The minimum atomic E-state index is -4.60. The molecule has 0 bridgehead atoms. The van der Waals surface area contributed by atoms with Gasteiger partial charge in [-0.3, -0.25) is 18.6 Å². The third-order valence-corrected chi connectivity index (χ3v) is 8.09. The zero-order chi connectivity index (χ0) is 33.4. The van der Waals surface area contributed by atoms with E-state index in [4.69, 9.17) is 19.1 Å². The van der Waals surface area contributed by atoms with Gasteiger partial charge in [-0.15, -0.1) is 0 Å². The smallest absolute Gasteiger partial charge is 0.462 e. The molecular weight excluding hydrogens is 599 g/mol. The number of hydrogen-bond acceptors (Lipinski definition) is 9. The van der Waals surface area contributed by atoms with Crippen molar-refractivity contribution in [1.82, 2.24) is 0 Å². The van der Waals surface area contributed by atoms with E-state index in [0.717, 1.165) is 57.8 Å². The van der Waals surface area contributed by atoms with Crippen LogP contribution in [0.15, 0.2) is 24.3 Å². The van der Waals surface area contributed by atoms with E-state index >= 15 is 0 Å². The van der Waals surface area contributed by atoms with Crippen molar-refractivity contribution in [2.45, 2.75) is 154 Å². The quantitative estimate of drug-likeness (QED) is 0.0281. The molecule has 0 saturated carbocycles. The highest BCUT2D eigenvalue weighted by molar-refractivity contribution is 7.47. The summed E-state index contributed by atoms with van der Waals surface area (Å²) < 4.78 is 32.3. The molecular formula is C34H63O10P. The lowest BCUT2D eigenvalue weighted by atomic mass is 10.1. The second-order valence-electron chi connectivity index (χ2n) is 11.6. The number of ether oxygens (including phenoxy) is 2. The van der Waals surface area contributed by atoms with Gasteiger partial charge in [0, 0.05) is 12.8 Å². The summed E-state index contributed by atoms with van der Waals surface area (Å²) in [5, 5.41) is 18.2. The van der Waals surface area contributed by atoms with Gasteiger partial charge < -0.3 is 24.6 Å². The number of aliphatic hydroxyl groups excluding tert-OH is 2. The van der Waals surface area contributed by atoms with Gasteiger partial charge in [-0.1, -0.05) is 115 Å². The Kier molecular flexibility index (Phi) is 30.0. The Bertz CT molecular complexity index is 817. The Morgan fingerprint density at radius 1 is 0.667 bits per heavy atom. The molecule has 0 rings (SSSR count). The average molecular weight is 663 g/mol. The highest BCUT2D eigenvalue weighted by atomic mass is 31.2. The number of carbonyl (C=O) groups is 2. The van der Waals surface area contributed by atoms with Gasteiger partial charge in [0.25, 0.3) is 0 Å². The number of carbonyl (C=O) groups excluding carboxylic acids is 2. The molecule has 0 heterocycles. The van der Waals surface area contributed by atoms with Crippen LogP contribution >= 0.6 is 7.82 Å². The van der Waals surface area contributed by atoms with Crippen LogP contribution in [-0.2, 0) is 32.7 Å². The number of phosphoric acid groups is 1. The van der Waals surface area contributed by atoms with Gasteiger partial charge in [-0.2, -0.15) is 0 Å². The monoisotopic (exact) mass is 662 g/mol. The van der Waals surface area contributed by atoms with Crippen molar-refractivity contribution in [3.8, 4) is 0 Å². The predicted octanol–water partition coefficient (Wildman–Crippen LogP) is 7.88. The standard InChI is InChI=1S/C34H63O10P/c1-3-5-7-9-11-12-13-14-15-16-17-18-20-21-23-25-33(37)41-29-32(30-43-45(39,40)42-28-31(36)27-35)44-34(38)26-24-22-19-10-8-6-4-2/h12-15,31-32,35-36H,3-11,16-30H2,1-2H3,(H,39,40)/b13-12+,15-14+/t31-,32+/m1/s1. The molecule has 0 fully saturated rings. The predicted molar refractivity (Wildman–Crippen MR) is 178 cm³/mol. The molecule has 1 unspecified atom stereocenters. The summed E-state index contributed by atoms with van der Waals surface area (Å²) in [5.74, 6) is -0.951. The highest BCUT2D eigenvalue weighted by Crippen LogP contribution is 2.43. The van der Waals surface area contributed by atoms with E-state index in [1.54, 1.807) is 0 Å². The maximum atomic E-state index is 12.4. The molecule has 10 nitrogen and oxygen atoms in total. The lowest BCUT2D eigenvalue weighted by Crippen LogP contribution is -2.29. The molecule has 264 valence electrons. The van der Waals surface area contributed by atoms with Gasteiger partial charge in [-0.25, -0.2) is 4.57 Å². The van der Waals surface area contributed by atoms with Gasteiger partial charge in [0.1, 0.15) is 12.7 Å². The van der Waals surface area contributed by atoms with Gasteiger partial charge in [0.2, 0.25) is 0 Å². The molecule has 0 aliphatic rings. The normalized spacial score (nSPS) is 14.5. The van der Waals surface area contributed by atoms with Crippen LogP contribution in [0.1, 0.15) is 142 Å². The minimum absolute atomic E-state index is 0.180. The molecule has 0 aromatic rings. The molecule has 0 aliphatic heterocycles. The second kappa shape index (κ2) is 31.1. The van der Waals surface area contributed by atoms with Crippen molar-refractivity contribution in [3.05, 3.63) is 24.3 Å². The van der Waals surface area contributed by atoms with Gasteiger partial charge in [-0.05, 0) is 38.5 Å². The maximum absolute atomic E-state index is 12.4. The first kappa shape index (κ1) is 43.5. The van der Waals surface area contributed by atoms with E-state index in [9.17, 15) is 24.2 Å². The van der Waals surface area contributed by atoms with Crippen molar-refractivity contribution < 1.29 is 47.8 Å². The zero-order valence-electron chi connectivity index (χ0n) is 28.1. The molecule has 0 spiro atoms. The number of hydrogen-bond donors (Lipinski definition) is 3. The lowest BCUT2D eigenvalue weighted by molar-refractivity contribution is -0.161. The van der Waals surface area contributed by atoms with Crippen molar-refractivity contribution in [2.75, 3.05) is 26.4 Å². The minimum Gasteiger partial charge on any atom is -0.462 e. The summed E-state index contributed by atoms with van der Waals surface area (Å²) in [7, 11) is -4.60. The van der Waals surface area contributed by atoms with Gasteiger partial charge in [0.05, 0.1) is 19.8 Å². The van der Waals surface area contributed by atoms with Crippen LogP contribution in [0.2, 0.25) is 0 Å². The van der Waals surface area contributed by atoms with Gasteiger partial charge >= 0.3 is 19.8 Å². The molecule has 0 aliphatic carbocycles. The van der Waals surface area contributed by atoms with Gasteiger partial charge in [0.15, 0.2) is 6.10 Å². The number of aliphatic hydroxyl groups is 2. The summed E-state index contributed by atoms with van der Waals surface area (Å²) in [6.45, 7) is 2.25. The topological polar surface area (TPSA) is 149 Å². The fraction of sp³-hybridized carbons (Fsp3) is 0.824. The van der Waals surface area contributed by atoms with Crippen molar-refractivity contribution in [3.63, 3.8) is 0 Å². The summed E-state index contributed by atoms with van der Waals surface area (Å²) in [6, 6.07) is 0. The fourth-order valence-corrected chi connectivity index (χ4v) is 5.18. The Labute approximate surface area is 272 Å². The van der Waals surface area contributed by atoms with E-state index in [1.165, 1.54) is 44.9 Å². The second-order valence-corrected chi connectivity index (χ2v) is 13.0. The Morgan fingerprint density at radius 2 is 1.13 bits per heavy atom. The van der Waals surface area contributed by atoms with E-state index in [-0.39, 0.29) is 19.4 Å². The molecule has 0 aromatic carbocycles. The van der Waals surface area contributed by atoms with Crippen LogP contribution < -0.4 is 0 Å². The molecule has 3 atom stereocenters. The zero-order valence-corrected chi connectivity index (χ0v) is 29.0. The van der Waals surface area contributed by atoms with Crippen molar-refractivity contribution in [2.24, 2.45) is 0 Å². The number of esters is 2. The summed E-state index contributed by atoms with van der Waals surface area (Å²) in [6.07, 6.45) is 26.0. The van der Waals surface area contributed by atoms with Crippen LogP contribution in [0.4, 0.5) is 0 Å². The third-order valence-electron chi connectivity index (χ3n) is 7.14. The molecule has 0 aromatic heterocycles. The number of rotatable bonds is 32. The number of phosphoric ester groups is 1. The number of allylic oxidation sites excluding steroid dienone is 4. The maximum Gasteiger partial charge on any atom is 0.472 e. The van der Waals surface area contributed by atoms with E-state index in [1.807, 2.05) is 0 Å². The highest BCUT2D eigenvalue weighted by Gasteiger charge is 2.27. The SMILES string of the molecule is CCCCCC/C=C/C=C/CCCCCCCC(=O)OC[C@@H](COP(=O)(O)OC[C@H](O)CO)OC(=O)CCCCCCCCC. The first-order chi connectivity index (χ1) is 21.7. The number of unbranched alkanes of at least 4 members (excludes halogenated alkanes) is 15. The molecule has 0 amide bonds. The Balaban J connectivity index is 4.37. The average Bonchev–Trinajstić information content (AvgIpc) is 3.02. The first-order valence-corrected chi connectivity index (χ1v) is 18.8. The van der Waals surface area contributed by atoms with Crippen LogP contribution in [0.25, 0.3) is 0 Å². The van der Waals surface area contributed by atoms with Crippen molar-refractivity contribution in [1.29, 1.82) is 0 Å². The molecule has 0 radical (unpaired) electrons. The van der Waals surface area contributed by atoms with E-state index < -0.39 is 51.8 Å². The molecule has 0 saturated heterocycles. The molecule has 45 heavy (non-hydrogen) atoms. The van der Waals surface area contributed by atoms with Crippen LogP contribution in [0.5, 0.6) is 0 Å². The Morgan fingerprint density at radius 3 is 1.69 bits per heavy atom. The van der Waals surface area contributed by atoms with Crippen molar-refractivity contribution >= 4 is 19.8 Å². The Hall–Kier alpha value is -1.55. The molecule has 3 N–H and O–H groups in total. The lowest BCUT2D eigenvalue weighted by Gasteiger charge is -2.20. The largest absolute Gasteiger partial charge is 0.472 e. The van der Waals surface area contributed by atoms with Crippen LogP contribution in [0.3, 0.4) is 0 Å². The van der Waals surface area contributed by atoms with E-state index in [0.29, 0.717) is 12.8 Å². The summed E-state index contributed by atoms with van der Waals surface area (Å²) >= 11 is 0. The molecule has 11 heteroatoms. The summed E-state index contributed by atoms with van der Waals surface area (Å²) in [5.41, 5.74) is 0. The third kappa shape index (κ3) is 30.8. The van der Waals surface area contributed by atoms with Crippen LogP contribution in [-0.4, -0.2) is 65.7 Å². The van der Waals surface area contributed by atoms with Crippen LogP contribution in [0, 0.1) is 0 Å². The first-order valence-electron chi connectivity index (χ1n) is 17.3.